The largest absolute Gasteiger partial charge is 0.487 e. The van der Waals surface area contributed by atoms with Crippen molar-refractivity contribution in [2.24, 2.45) is 0 Å². The van der Waals surface area contributed by atoms with Crippen molar-refractivity contribution in [3.05, 3.63) is 131 Å². The molecular formula is C34H23ClN2O. The van der Waals surface area contributed by atoms with Crippen molar-refractivity contribution in [3.63, 3.8) is 0 Å². The minimum atomic E-state index is 0.357. The highest BCUT2D eigenvalue weighted by molar-refractivity contribution is 6.30. The third-order valence-electron chi connectivity index (χ3n) is 6.85. The van der Waals surface area contributed by atoms with Crippen LogP contribution < -0.4 is 10.5 Å². The predicted molar refractivity (Wildman–Crippen MR) is 157 cm³/mol. The standard InChI is InChI=1S/C34H23ClN2O/c35-27-15-11-23(12-16-27)21-38-33-19-26(18-32(34(33)37)24-13-9-22(20-36)10-14-24)31-17-25-5-1-2-6-28(25)29-7-3-4-8-30(29)31/h1-19H,21,37H2. The molecule has 0 unspecified atom stereocenters. The number of benzene rings is 6. The number of fused-ring (bicyclic) bond motifs is 3. The molecule has 0 atom stereocenters. The lowest BCUT2D eigenvalue weighted by Gasteiger charge is -2.17. The van der Waals surface area contributed by atoms with E-state index < -0.39 is 0 Å². The van der Waals surface area contributed by atoms with Gasteiger partial charge in [-0.15, -0.1) is 0 Å². The van der Waals surface area contributed by atoms with Crippen molar-refractivity contribution < 1.29 is 4.74 Å². The Morgan fingerprint density at radius 1 is 0.684 bits per heavy atom. The van der Waals surface area contributed by atoms with E-state index in [1.165, 1.54) is 16.2 Å². The fourth-order valence-electron chi connectivity index (χ4n) is 4.90. The Balaban J connectivity index is 1.54. The molecule has 3 nitrogen and oxygen atoms in total. The molecule has 182 valence electrons. The van der Waals surface area contributed by atoms with Gasteiger partial charge in [-0.2, -0.15) is 5.26 Å². The van der Waals surface area contributed by atoms with Crippen LogP contribution in [0.2, 0.25) is 5.02 Å². The van der Waals surface area contributed by atoms with Gasteiger partial charge in [-0.1, -0.05) is 84.4 Å². The maximum Gasteiger partial charge on any atom is 0.143 e. The zero-order valence-corrected chi connectivity index (χ0v) is 21.2. The number of hydrogen-bond acceptors (Lipinski definition) is 3. The summed E-state index contributed by atoms with van der Waals surface area (Å²) in [6, 6.07) is 40.5. The first-order valence-electron chi connectivity index (χ1n) is 12.3. The number of anilines is 1. The van der Waals surface area contributed by atoms with Crippen LogP contribution in [-0.2, 0) is 6.61 Å². The van der Waals surface area contributed by atoms with Crippen molar-refractivity contribution in [3.8, 4) is 34.1 Å². The van der Waals surface area contributed by atoms with Crippen molar-refractivity contribution in [2.45, 2.75) is 6.61 Å². The summed E-state index contributed by atoms with van der Waals surface area (Å²) in [6.45, 7) is 0.357. The number of nitrogens with zero attached hydrogens (tertiary/aromatic N) is 1. The Morgan fingerprint density at radius 3 is 2.11 bits per heavy atom. The molecule has 0 amide bonds. The van der Waals surface area contributed by atoms with E-state index in [-0.39, 0.29) is 0 Å². The molecule has 0 bridgehead atoms. The van der Waals surface area contributed by atoms with E-state index in [1.54, 1.807) is 12.1 Å². The number of hydrogen-bond donors (Lipinski definition) is 1. The SMILES string of the molecule is N#Cc1ccc(-c2cc(-c3cc4ccccc4c4ccccc34)cc(OCc3ccc(Cl)cc3)c2N)cc1. The Kier molecular flexibility index (Phi) is 6.17. The molecule has 0 heterocycles. The molecule has 0 aromatic heterocycles. The van der Waals surface area contributed by atoms with E-state index in [2.05, 4.69) is 66.7 Å². The van der Waals surface area contributed by atoms with Gasteiger partial charge in [-0.25, -0.2) is 0 Å². The fourth-order valence-corrected chi connectivity index (χ4v) is 5.03. The fraction of sp³-hybridized carbons (Fsp3) is 0.0294. The third kappa shape index (κ3) is 4.43. The highest BCUT2D eigenvalue weighted by atomic mass is 35.5. The maximum absolute atomic E-state index is 9.27. The highest BCUT2D eigenvalue weighted by Gasteiger charge is 2.16. The van der Waals surface area contributed by atoms with Crippen LogP contribution in [0.1, 0.15) is 11.1 Å². The summed E-state index contributed by atoms with van der Waals surface area (Å²) in [5.74, 6) is 0.606. The third-order valence-corrected chi connectivity index (χ3v) is 7.11. The van der Waals surface area contributed by atoms with E-state index in [1.807, 2.05) is 42.5 Å². The number of nitrogens with two attached hydrogens (primary N) is 1. The van der Waals surface area contributed by atoms with Crippen LogP contribution in [0.3, 0.4) is 0 Å². The zero-order chi connectivity index (χ0) is 26.1. The second-order valence-corrected chi connectivity index (χ2v) is 9.67. The topological polar surface area (TPSA) is 59.0 Å². The number of halogens is 1. The molecule has 0 aliphatic carbocycles. The number of rotatable bonds is 5. The predicted octanol–water partition coefficient (Wildman–Crippen LogP) is 9.01. The van der Waals surface area contributed by atoms with Gasteiger partial charge >= 0.3 is 0 Å². The number of nitrogen functional groups attached to an aromatic ring is 1. The van der Waals surface area contributed by atoms with Crippen LogP contribution in [0.5, 0.6) is 5.75 Å². The quantitative estimate of drug-likeness (QED) is 0.186. The average molecular weight is 511 g/mol. The Labute approximate surface area is 226 Å². The van der Waals surface area contributed by atoms with Gasteiger partial charge in [0.15, 0.2) is 0 Å². The van der Waals surface area contributed by atoms with Gasteiger partial charge in [0.1, 0.15) is 12.4 Å². The first-order chi connectivity index (χ1) is 18.6. The summed E-state index contributed by atoms with van der Waals surface area (Å²) in [4.78, 5) is 0. The van der Waals surface area contributed by atoms with Crippen LogP contribution in [0.4, 0.5) is 5.69 Å². The normalized spacial score (nSPS) is 10.9. The van der Waals surface area contributed by atoms with E-state index in [0.717, 1.165) is 33.2 Å². The second-order valence-electron chi connectivity index (χ2n) is 9.23. The second kappa shape index (κ2) is 9.94. The van der Waals surface area contributed by atoms with E-state index >= 15 is 0 Å². The van der Waals surface area contributed by atoms with Gasteiger partial charge in [0.25, 0.3) is 0 Å². The molecule has 38 heavy (non-hydrogen) atoms. The zero-order valence-electron chi connectivity index (χ0n) is 20.5. The molecule has 6 aromatic carbocycles. The van der Waals surface area contributed by atoms with Gasteiger partial charge in [-0.05, 0) is 86.3 Å². The van der Waals surface area contributed by atoms with Gasteiger partial charge < -0.3 is 10.5 Å². The molecule has 0 spiro atoms. The molecule has 0 saturated carbocycles. The Bertz CT molecular complexity index is 1840. The Hall–Kier alpha value is -4.78. The van der Waals surface area contributed by atoms with Crippen molar-refractivity contribution in [2.75, 3.05) is 5.73 Å². The highest BCUT2D eigenvalue weighted by Crippen LogP contribution is 2.42. The lowest BCUT2D eigenvalue weighted by Crippen LogP contribution is -2.01. The van der Waals surface area contributed by atoms with E-state index in [9.17, 15) is 5.26 Å². The van der Waals surface area contributed by atoms with Gasteiger partial charge in [0.05, 0.1) is 17.3 Å². The van der Waals surface area contributed by atoms with Crippen LogP contribution >= 0.6 is 11.6 Å². The molecule has 0 fully saturated rings. The maximum atomic E-state index is 9.27. The summed E-state index contributed by atoms with van der Waals surface area (Å²) >= 11 is 6.06. The summed E-state index contributed by atoms with van der Waals surface area (Å²) in [5.41, 5.74) is 12.7. The smallest absolute Gasteiger partial charge is 0.143 e. The summed E-state index contributed by atoms with van der Waals surface area (Å²) < 4.78 is 6.31. The number of ether oxygens (including phenoxy) is 1. The van der Waals surface area contributed by atoms with Crippen LogP contribution in [0.25, 0.3) is 43.8 Å². The number of nitriles is 1. The molecule has 4 heteroatoms. The van der Waals surface area contributed by atoms with Gasteiger partial charge in [-0.3, -0.25) is 0 Å². The molecule has 0 aliphatic rings. The molecule has 2 N–H and O–H groups in total. The Morgan fingerprint density at radius 2 is 1.37 bits per heavy atom. The lowest BCUT2D eigenvalue weighted by atomic mass is 9.91. The molecule has 6 aromatic rings. The van der Waals surface area contributed by atoms with Crippen molar-refractivity contribution in [1.82, 2.24) is 0 Å². The minimum Gasteiger partial charge on any atom is -0.487 e. The van der Waals surface area contributed by atoms with Crippen molar-refractivity contribution >= 4 is 38.8 Å². The van der Waals surface area contributed by atoms with Crippen LogP contribution in [-0.4, -0.2) is 0 Å². The average Bonchev–Trinajstić information content (AvgIpc) is 2.97. The van der Waals surface area contributed by atoms with Gasteiger partial charge in [0.2, 0.25) is 0 Å². The van der Waals surface area contributed by atoms with Crippen LogP contribution in [0.15, 0.2) is 115 Å². The monoisotopic (exact) mass is 510 g/mol. The summed E-state index contributed by atoms with van der Waals surface area (Å²) in [5, 5.41) is 14.7. The molecular weight excluding hydrogens is 488 g/mol. The molecule has 0 radical (unpaired) electrons. The van der Waals surface area contributed by atoms with E-state index in [4.69, 9.17) is 22.1 Å². The minimum absolute atomic E-state index is 0.357. The van der Waals surface area contributed by atoms with Gasteiger partial charge in [0, 0.05) is 10.6 Å². The molecule has 0 aliphatic heterocycles. The molecule has 0 saturated heterocycles. The molecule has 6 rings (SSSR count). The first-order valence-corrected chi connectivity index (χ1v) is 12.7. The van der Waals surface area contributed by atoms with E-state index in [0.29, 0.717) is 28.6 Å². The lowest BCUT2D eigenvalue weighted by molar-refractivity contribution is 0.308. The van der Waals surface area contributed by atoms with Crippen LogP contribution in [0, 0.1) is 11.3 Å². The summed E-state index contributed by atoms with van der Waals surface area (Å²) in [7, 11) is 0. The van der Waals surface area contributed by atoms with Crippen molar-refractivity contribution in [1.29, 1.82) is 5.26 Å². The first kappa shape index (κ1) is 23.6. The summed E-state index contributed by atoms with van der Waals surface area (Å²) in [6.07, 6.45) is 0.